The van der Waals surface area contributed by atoms with E-state index < -0.39 is 0 Å². The molecule has 6 heteroatoms. The first-order chi connectivity index (χ1) is 9.85. The number of benzene rings is 1. The van der Waals surface area contributed by atoms with Gasteiger partial charge in [0.1, 0.15) is 5.69 Å². The van der Waals surface area contributed by atoms with E-state index in [1.54, 1.807) is 19.2 Å². The maximum atomic E-state index is 11.1. The lowest BCUT2D eigenvalue weighted by Crippen LogP contribution is -2.57. The molecule has 116 valence electrons. The van der Waals surface area contributed by atoms with Crippen molar-refractivity contribution >= 4 is 11.4 Å². The van der Waals surface area contributed by atoms with Crippen molar-refractivity contribution in [1.82, 2.24) is 9.80 Å². The Bertz CT molecular complexity index is 530. The van der Waals surface area contributed by atoms with Crippen molar-refractivity contribution in [3.63, 3.8) is 0 Å². The maximum Gasteiger partial charge on any atom is 0.292 e. The molecule has 21 heavy (non-hydrogen) atoms. The standard InChI is InChI=1S/C15H24N4O2/c1-15(2)11-18(9-8-17(15)4)10-12-6-5-7-13(19(20)21)14(12)16-3/h5-7,16H,8-11H2,1-4H3. The van der Waals surface area contributed by atoms with Crippen LogP contribution in [0.4, 0.5) is 11.4 Å². The van der Waals surface area contributed by atoms with Gasteiger partial charge in [-0.2, -0.15) is 0 Å². The van der Waals surface area contributed by atoms with Crippen LogP contribution in [0.3, 0.4) is 0 Å². The van der Waals surface area contributed by atoms with Gasteiger partial charge in [-0.25, -0.2) is 0 Å². The molecule has 1 saturated heterocycles. The van der Waals surface area contributed by atoms with Gasteiger partial charge >= 0.3 is 0 Å². The lowest BCUT2D eigenvalue weighted by Gasteiger charge is -2.45. The minimum absolute atomic E-state index is 0.124. The summed E-state index contributed by atoms with van der Waals surface area (Å²) in [7, 11) is 3.88. The van der Waals surface area contributed by atoms with E-state index in [-0.39, 0.29) is 16.1 Å². The van der Waals surface area contributed by atoms with E-state index in [0.717, 1.165) is 31.7 Å². The van der Waals surface area contributed by atoms with Crippen LogP contribution in [0.5, 0.6) is 0 Å². The van der Waals surface area contributed by atoms with Crippen LogP contribution in [-0.4, -0.2) is 54.0 Å². The predicted molar refractivity (Wildman–Crippen MR) is 84.6 cm³/mol. The summed E-state index contributed by atoms with van der Waals surface area (Å²) in [4.78, 5) is 15.5. The minimum atomic E-state index is -0.330. The maximum absolute atomic E-state index is 11.1. The first-order valence-electron chi connectivity index (χ1n) is 7.23. The van der Waals surface area contributed by atoms with Gasteiger partial charge in [0.2, 0.25) is 0 Å². The molecule has 2 rings (SSSR count). The highest BCUT2D eigenvalue weighted by molar-refractivity contribution is 5.66. The van der Waals surface area contributed by atoms with Crippen molar-refractivity contribution in [2.75, 3.05) is 39.0 Å². The average Bonchev–Trinajstić information content (AvgIpc) is 2.42. The van der Waals surface area contributed by atoms with Crippen LogP contribution < -0.4 is 5.32 Å². The zero-order chi connectivity index (χ0) is 15.6. The van der Waals surface area contributed by atoms with Crippen molar-refractivity contribution in [1.29, 1.82) is 0 Å². The minimum Gasteiger partial charge on any atom is -0.382 e. The Morgan fingerprint density at radius 1 is 1.38 bits per heavy atom. The Kier molecular flexibility index (Phi) is 4.49. The molecular formula is C15H24N4O2. The molecule has 1 aromatic carbocycles. The Morgan fingerprint density at radius 2 is 2.10 bits per heavy atom. The van der Waals surface area contributed by atoms with Gasteiger partial charge in [0.15, 0.2) is 0 Å². The fourth-order valence-corrected chi connectivity index (χ4v) is 2.88. The molecule has 0 bridgehead atoms. The van der Waals surface area contributed by atoms with Crippen molar-refractivity contribution in [2.24, 2.45) is 0 Å². The van der Waals surface area contributed by atoms with Gasteiger partial charge in [0, 0.05) is 44.8 Å². The number of rotatable bonds is 4. The molecule has 6 nitrogen and oxygen atoms in total. The van der Waals surface area contributed by atoms with E-state index in [1.807, 2.05) is 6.07 Å². The summed E-state index contributed by atoms with van der Waals surface area (Å²) >= 11 is 0. The lowest BCUT2D eigenvalue weighted by atomic mass is 9.99. The fraction of sp³-hybridized carbons (Fsp3) is 0.600. The molecule has 0 spiro atoms. The first kappa shape index (κ1) is 15.7. The van der Waals surface area contributed by atoms with Gasteiger partial charge in [0.05, 0.1) is 4.92 Å². The summed E-state index contributed by atoms with van der Waals surface area (Å²) in [6.07, 6.45) is 0. The second-order valence-electron chi connectivity index (χ2n) is 6.26. The van der Waals surface area contributed by atoms with Gasteiger partial charge in [-0.3, -0.25) is 19.9 Å². The molecule has 1 aliphatic rings. The number of para-hydroxylation sites is 1. The molecular weight excluding hydrogens is 268 g/mol. The Hall–Kier alpha value is -1.66. The molecule has 0 saturated carbocycles. The highest BCUT2D eigenvalue weighted by Gasteiger charge is 2.31. The quantitative estimate of drug-likeness (QED) is 0.680. The molecule has 0 radical (unpaired) electrons. The zero-order valence-corrected chi connectivity index (χ0v) is 13.2. The number of nitro benzene ring substituents is 1. The topological polar surface area (TPSA) is 61.6 Å². The predicted octanol–water partition coefficient (Wildman–Crippen LogP) is 2.16. The van der Waals surface area contributed by atoms with Crippen molar-refractivity contribution in [2.45, 2.75) is 25.9 Å². The molecule has 0 amide bonds. The third-order valence-electron chi connectivity index (χ3n) is 4.36. The van der Waals surface area contributed by atoms with E-state index in [2.05, 4.69) is 36.0 Å². The van der Waals surface area contributed by atoms with Gasteiger partial charge in [-0.15, -0.1) is 0 Å². The molecule has 0 unspecified atom stereocenters. The average molecular weight is 292 g/mol. The van der Waals surface area contributed by atoms with Crippen LogP contribution in [0, 0.1) is 10.1 Å². The van der Waals surface area contributed by atoms with Gasteiger partial charge < -0.3 is 5.32 Å². The number of hydrogen-bond donors (Lipinski definition) is 1. The van der Waals surface area contributed by atoms with Crippen LogP contribution >= 0.6 is 0 Å². The summed E-state index contributed by atoms with van der Waals surface area (Å²) in [6.45, 7) is 8.13. The molecule has 1 heterocycles. The third-order valence-corrected chi connectivity index (χ3v) is 4.36. The Balaban J connectivity index is 2.20. The Labute approximate surface area is 125 Å². The van der Waals surface area contributed by atoms with Crippen LogP contribution in [-0.2, 0) is 6.54 Å². The second kappa shape index (κ2) is 5.99. The SMILES string of the molecule is CNc1c(CN2CCN(C)C(C)(C)C2)cccc1[N+](=O)[O-]. The number of nitrogens with one attached hydrogen (secondary N) is 1. The monoisotopic (exact) mass is 292 g/mol. The molecule has 0 aliphatic carbocycles. The molecule has 0 atom stereocenters. The van der Waals surface area contributed by atoms with E-state index >= 15 is 0 Å². The summed E-state index contributed by atoms with van der Waals surface area (Å²) in [5, 5.41) is 14.1. The van der Waals surface area contributed by atoms with Crippen LogP contribution in [0.1, 0.15) is 19.4 Å². The van der Waals surface area contributed by atoms with E-state index in [1.165, 1.54) is 0 Å². The summed E-state index contributed by atoms with van der Waals surface area (Å²) in [5.41, 5.74) is 1.87. The lowest BCUT2D eigenvalue weighted by molar-refractivity contribution is -0.384. The smallest absolute Gasteiger partial charge is 0.292 e. The first-order valence-corrected chi connectivity index (χ1v) is 7.23. The highest BCUT2D eigenvalue weighted by atomic mass is 16.6. The number of anilines is 1. The highest BCUT2D eigenvalue weighted by Crippen LogP contribution is 2.30. The van der Waals surface area contributed by atoms with Crippen LogP contribution in [0.25, 0.3) is 0 Å². The molecule has 1 fully saturated rings. The molecule has 1 N–H and O–H groups in total. The van der Waals surface area contributed by atoms with Gasteiger partial charge in [-0.05, 0) is 26.5 Å². The van der Waals surface area contributed by atoms with E-state index in [4.69, 9.17) is 0 Å². The van der Waals surface area contributed by atoms with E-state index in [9.17, 15) is 10.1 Å². The van der Waals surface area contributed by atoms with Crippen molar-refractivity contribution < 1.29 is 4.92 Å². The largest absolute Gasteiger partial charge is 0.382 e. The molecule has 0 aromatic heterocycles. The van der Waals surface area contributed by atoms with Gasteiger partial charge in [0.25, 0.3) is 5.69 Å². The fourth-order valence-electron chi connectivity index (χ4n) is 2.88. The second-order valence-corrected chi connectivity index (χ2v) is 6.26. The molecule has 1 aliphatic heterocycles. The number of likely N-dealkylation sites (N-methyl/N-ethyl adjacent to an activating group) is 1. The van der Waals surface area contributed by atoms with Crippen molar-refractivity contribution in [3.05, 3.63) is 33.9 Å². The van der Waals surface area contributed by atoms with E-state index in [0.29, 0.717) is 5.69 Å². The number of hydrogen-bond acceptors (Lipinski definition) is 5. The summed E-state index contributed by atoms with van der Waals surface area (Å²) in [5.74, 6) is 0. The summed E-state index contributed by atoms with van der Waals surface area (Å²) in [6, 6.07) is 5.27. The third kappa shape index (κ3) is 3.33. The summed E-state index contributed by atoms with van der Waals surface area (Å²) < 4.78 is 0. The molecule has 1 aromatic rings. The zero-order valence-electron chi connectivity index (χ0n) is 13.2. The number of nitrogens with zero attached hydrogens (tertiary/aromatic N) is 3. The van der Waals surface area contributed by atoms with Crippen LogP contribution in [0.15, 0.2) is 18.2 Å². The number of piperazine rings is 1. The number of nitro groups is 1. The van der Waals surface area contributed by atoms with Crippen LogP contribution in [0.2, 0.25) is 0 Å². The normalized spacial score (nSPS) is 19.4. The van der Waals surface area contributed by atoms with Crippen molar-refractivity contribution in [3.8, 4) is 0 Å². The Morgan fingerprint density at radius 3 is 2.67 bits per heavy atom. The van der Waals surface area contributed by atoms with Gasteiger partial charge in [-0.1, -0.05) is 12.1 Å².